The van der Waals surface area contributed by atoms with Crippen molar-refractivity contribution in [2.45, 2.75) is 13.1 Å². The molecule has 6 heteroatoms. The maximum atomic E-state index is 12.5. The van der Waals surface area contributed by atoms with Crippen molar-refractivity contribution < 1.29 is 9.59 Å². The molecule has 130 valence electrons. The van der Waals surface area contributed by atoms with Gasteiger partial charge in [-0.3, -0.25) is 4.79 Å². The highest BCUT2D eigenvalue weighted by atomic mass is 32.1. The fraction of sp³-hybridized carbons (Fsp3) is 0.100. The summed E-state index contributed by atoms with van der Waals surface area (Å²) < 4.78 is 0. The molecule has 0 spiro atoms. The molecule has 3 aromatic rings. The average molecular weight is 363 g/mol. The van der Waals surface area contributed by atoms with Crippen LogP contribution in [0.5, 0.6) is 0 Å². The summed E-state index contributed by atoms with van der Waals surface area (Å²) in [7, 11) is 0. The molecule has 0 unspecified atom stereocenters. The number of hydrogen-bond acceptors (Lipinski definition) is 3. The van der Waals surface area contributed by atoms with E-state index in [1.165, 1.54) is 22.5 Å². The summed E-state index contributed by atoms with van der Waals surface area (Å²) in [5.74, 6) is -0.170. The van der Waals surface area contributed by atoms with E-state index in [9.17, 15) is 9.59 Å². The number of anilines is 2. The van der Waals surface area contributed by atoms with Crippen LogP contribution in [0.2, 0.25) is 0 Å². The van der Waals surface area contributed by atoms with Crippen molar-refractivity contribution in [2.24, 2.45) is 0 Å². The van der Waals surface area contributed by atoms with Gasteiger partial charge in [0, 0.05) is 29.7 Å². The normalized spacial score (nSPS) is 12.5. The number of urea groups is 1. The van der Waals surface area contributed by atoms with Gasteiger partial charge < -0.3 is 15.5 Å². The second kappa shape index (κ2) is 7.01. The van der Waals surface area contributed by atoms with Crippen molar-refractivity contribution in [3.05, 3.63) is 82.0 Å². The van der Waals surface area contributed by atoms with Gasteiger partial charge in [-0.05, 0) is 46.8 Å². The molecule has 0 bridgehead atoms. The number of thiophene rings is 1. The van der Waals surface area contributed by atoms with E-state index in [0.717, 1.165) is 5.69 Å². The third-order valence-electron chi connectivity index (χ3n) is 4.31. The van der Waals surface area contributed by atoms with E-state index >= 15 is 0 Å². The molecule has 5 nitrogen and oxygen atoms in total. The minimum atomic E-state index is -0.170. The van der Waals surface area contributed by atoms with Crippen molar-refractivity contribution in [1.29, 1.82) is 0 Å². The molecule has 2 aromatic carbocycles. The summed E-state index contributed by atoms with van der Waals surface area (Å²) in [6.07, 6.45) is 0. The Balaban J connectivity index is 1.37. The van der Waals surface area contributed by atoms with E-state index in [1.807, 2.05) is 41.1 Å². The number of amides is 3. The lowest BCUT2D eigenvalue weighted by atomic mass is 10.1. The monoisotopic (exact) mass is 363 g/mol. The molecule has 0 radical (unpaired) electrons. The van der Waals surface area contributed by atoms with Crippen LogP contribution in [-0.2, 0) is 13.1 Å². The Kier molecular flexibility index (Phi) is 4.41. The van der Waals surface area contributed by atoms with Crippen LogP contribution in [0, 0.1) is 0 Å². The Morgan fingerprint density at radius 1 is 0.846 bits per heavy atom. The molecule has 3 amide bonds. The number of fused-ring (bicyclic) bond motifs is 1. The van der Waals surface area contributed by atoms with Gasteiger partial charge in [-0.15, -0.1) is 0 Å². The van der Waals surface area contributed by atoms with Gasteiger partial charge in [0.2, 0.25) is 0 Å². The van der Waals surface area contributed by atoms with E-state index in [1.54, 1.807) is 29.2 Å². The minimum Gasteiger partial charge on any atom is -0.321 e. The van der Waals surface area contributed by atoms with E-state index in [4.69, 9.17) is 0 Å². The Labute approximate surface area is 155 Å². The molecular weight excluding hydrogens is 346 g/mol. The first-order valence-corrected chi connectivity index (χ1v) is 9.20. The zero-order valence-electron chi connectivity index (χ0n) is 13.9. The number of benzene rings is 2. The van der Waals surface area contributed by atoms with Gasteiger partial charge >= 0.3 is 6.03 Å². The molecule has 0 fully saturated rings. The molecule has 1 aliphatic heterocycles. The molecule has 4 rings (SSSR count). The van der Waals surface area contributed by atoms with Gasteiger partial charge in [0.1, 0.15) is 0 Å². The smallest absolute Gasteiger partial charge is 0.321 e. The van der Waals surface area contributed by atoms with Crippen molar-refractivity contribution in [3.8, 4) is 0 Å². The second-order valence-corrected chi connectivity index (χ2v) is 6.88. The van der Waals surface area contributed by atoms with E-state index in [2.05, 4.69) is 10.6 Å². The zero-order chi connectivity index (χ0) is 17.9. The molecule has 1 aromatic heterocycles. The third-order valence-corrected chi connectivity index (χ3v) is 4.99. The second-order valence-electron chi connectivity index (χ2n) is 6.10. The van der Waals surface area contributed by atoms with Crippen molar-refractivity contribution >= 4 is 34.6 Å². The van der Waals surface area contributed by atoms with Crippen LogP contribution < -0.4 is 10.6 Å². The molecule has 1 aliphatic rings. The SMILES string of the molecule is O=C(Nc1ccsc1)c1ccc(NC(=O)N2Cc3ccccc3C2)cc1. The molecular formula is C20H17N3O2S. The van der Waals surface area contributed by atoms with E-state index < -0.39 is 0 Å². The van der Waals surface area contributed by atoms with Gasteiger partial charge in [0.15, 0.2) is 0 Å². The largest absolute Gasteiger partial charge is 0.322 e. The van der Waals surface area contributed by atoms with E-state index in [-0.39, 0.29) is 11.9 Å². The highest BCUT2D eigenvalue weighted by Crippen LogP contribution is 2.23. The first-order valence-electron chi connectivity index (χ1n) is 8.25. The van der Waals surface area contributed by atoms with E-state index in [0.29, 0.717) is 24.3 Å². The maximum absolute atomic E-state index is 12.5. The first kappa shape index (κ1) is 16.4. The van der Waals surface area contributed by atoms with Crippen LogP contribution in [-0.4, -0.2) is 16.8 Å². The number of carbonyl (C=O) groups is 2. The molecule has 26 heavy (non-hydrogen) atoms. The van der Waals surface area contributed by atoms with Gasteiger partial charge in [-0.1, -0.05) is 24.3 Å². The maximum Gasteiger partial charge on any atom is 0.322 e. The number of nitrogens with one attached hydrogen (secondary N) is 2. The van der Waals surface area contributed by atoms with Gasteiger partial charge in [-0.2, -0.15) is 11.3 Å². The Morgan fingerprint density at radius 2 is 1.54 bits per heavy atom. The average Bonchev–Trinajstić information content (AvgIpc) is 3.31. The lowest BCUT2D eigenvalue weighted by molar-refractivity contribution is 0.102. The van der Waals surface area contributed by atoms with Crippen LogP contribution in [0.4, 0.5) is 16.2 Å². The first-order chi connectivity index (χ1) is 12.7. The van der Waals surface area contributed by atoms with Gasteiger partial charge in [0.05, 0.1) is 5.69 Å². The third kappa shape index (κ3) is 3.45. The molecule has 0 saturated carbocycles. The quantitative estimate of drug-likeness (QED) is 0.717. The van der Waals surface area contributed by atoms with Crippen molar-refractivity contribution in [3.63, 3.8) is 0 Å². The Hall–Kier alpha value is -3.12. The Bertz CT molecular complexity index is 911. The summed E-state index contributed by atoms with van der Waals surface area (Å²) in [5, 5.41) is 9.50. The predicted molar refractivity (Wildman–Crippen MR) is 103 cm³/mol. The van der Waals surface area contributed by atoms with Crippen LogP contribution in [0.25, 0.3) is 0 Å². The topological polar surface area (TPSA) is 61.4 Å². The summed E-state index contributed by atoms with van der Waals surface area (Å²) in [4.78, 5) is 26.4. The number of hydrogen-bond donors (Lipinski definition) is 2. The minimum absolute atomic E-state index is 0.142. The number of nitrogens with zero attached hydrogens (tertiary/aromatic N) is 1. The summed E-state index contributed by atoms with van der Waals surface area (Å²) in [6.45, 7) is 1.23. The highest BCUT2D eigenvalue weighted by molar-refractivity contribution is 7.08. The van der Waals surface area contributed by atoms with Crippen molar-refractivity contribution in [1.82, 2.24) is 4.90 Å². The van der Waals surface area contributed by atoms with Gasteiger partial charge in [-0.25, -0.2) is 4.79 Å². The van der Waals surface area contributed by atoms with Crippen LogP contribution in [0.1, 0.15) is 21.5 Å². The standard InChI is InChI=1S/C20H17N3O2S/c24-19(21-18-9-10-26-13-18)14-5-7-17(8-6-14)22-20(25)23-11-15-3-1-2-4-16(15)12-23/h1-10,13H,11-12H2,(H,21,24)(H,22,25). The zero-order valence-corrected chi connectivity index (χ0v) is 14.8. The number of carbonyl (C=O) groups excluding carboxylic acids is 2. The summed E-state index contributed by atoms with van der Waals surface area (Å²) >= 11 is 1.53. The molecule has 0 atom stereocenters. The van der Waals surface area contributed by atoms with Crippen LogP contribution >= 0.6 is 11.3 Å². The molecule has 2 N–H and O–H groups in total. The molecule has 2 heterocycles. The van der Waals surface area contributed by atoms with Crippen LogP contribution in [0.15, 0.2) is 65.4 Å². The lowest BCUT2D eigenvalue weighted by Crippen LogP contribution is -2.30. The predicted octanol–water partition coefficient (Wildman–Crippen LogP) is 4.55. The summed E-state index contributed by atoms with van der Waals surface area (Å²) in [6, 6.07) is 16.7. The molecule has 0 aliphatic carbocycles. The summed E-state index contributed by atoms with van der Waals surface area (Å²) in [5.41, 5.74) is 4.36. The fourth-order valence-electron chi connectivity index (χ4n) is 2.92. The fourth-order valence-corrected chi connectivity index (χ4v) is 3.51. The van der Waals surface area contributed by atoms with Crippen LogP contribution in [0.3, 0.4) is 0 Å². The van der Waals surface area contributed by atoms with Crippen molar-refractivity contribution in [2.75, 3.05) is 10.6 Å². The Morgan fingerprint density at radius 3 is 2.15 bits per heavy atom. The highest BCUT2D eigenvalue weighted by Gasteiger charge is 2.22. The molecule has 0 saturated heterocycles. The lowest BCUT2D eigenvalue weighted by Gasteiger charge is -2.16. The number of rotatable bonds is 3. The van der Waals surface area contributed by atoms with Gasteiger partial charge in [0.25, 0.3) is 5.91 Å².